The topological polar surface area (TPSA) is 9.23 Å². The standard InChI is InChI=1S/C17H16O/c1-2-7-14(8-3-1)13-18-17-12-6-10-15-9-4-5-11-16(15)17/h2-12,14H,1,13H2/i11D,13D2. The van der Waals surface area contributed by atoms with Gasteiger partial charge in [0.05, 0.1) is 10.7 Å². The minimum atomic E-state index is -1.84. The predicted molar refractivity (Wildman–Crippen MR) is 75.8 cm³/mol. The van der Waals surface area contributed by atoms with E-state index >= 15 is 0 Å². The third-order valence-electron chi connectivity index (χ3n) is 2.92. The van der Waals surface area contributed by atoms with E-state index in [2.05, 4.69) is 0 Å². The average Bonchev–Trinajstić information content (AvgIpc) is 2.48. The molecule has 2 aromatic rings. The summed E-state index contributed by atoms with van der Waals surface area (Å²) in [6, 6.07) is 11.2. The van der Waals surface area contributed by atoms with Crippen molar-refractivity contribution in [3.8, 4) is 5.75 Å². The van der Waals surface area contributed by atoms with Crippen LogP contribution in [0.4, 0.5) is 0 Å². The van der Waals surface area contributed by atoms with Gasteiger partial charge in [-0.05, 0) is 17.9 Å². The van der Waals surface area contributed by atoms with E-state index in [0.717, 1.165) is 11.8 Å². The number of hydrogen-bond donors (Lipinski definition) is 0. The highest BCUT2D eigenvalue weighted by atomic mass is 16.5. The summed E-state index contributed by atoms with van der Waals surface area (Å²) < 4.78 is 30.0. The lowest BCUT2D eigenvalue weighted by Crippen LogP contribution is -2.08. The first-order valence-electron chi connectivity index (χ1n) is 7.58. The second kappa shape index (κ2) is 5.09. The lowest BCUT2D eigenvalue weighted by atomic mass is 10.0. The van der Waals surface area contributed by atoms with E-state index in [1.807, 2.05) is 48.6 Å². The maximum Gasteiger partial charge on any atom is 0.127 e. The highest BCUT2D eigenvalue weighted by Gasteiger charge is 2.06. The molecule has 90 valence electrons. The number of fused-ring (bicyclic) bond motifs is 1. The Kier molecular flexibility index (Phi) is 2.30. The van der Waals surface area contributed by atoms with Gasteiger partial charge in [0.15, 0.2) is 0 Å². The summed E-state index contributed by atoms with van der Waals surface area (Å²) in [6.45, 7) is -1.84. The number of benzene rings is 2. The quantitative estimate of drug-likeness (QED) is 0.723. The third kappa shape index (κ3) is 2.30. The van der Waals surface area contributed by atoms with Gasteiger partial charge in [-0.2, -0.15) is 0 Å². The summed E-state index contributed by atoms with van der Waals surface area (Å²) in [5.74, 6) is -0.00474. The molecule has 0 saturated heterocycles. The van der Waals surface area contributed by atoms with Crippen LogP contribution in [0.3, 0.4) is 0 Å². The zero-order valence-electron chi connectivity index (χ0n) is 13.0. The Morgan fingerprint density at radius 2 is 2.00 bits per heavy atom. The molecular formula is C17H16O. The molecule has 1 aliphatic rings. The number of allylic oxidation sites excluding steroid dienone is 2. The Hall–Kier alpha value is -2.02. The molecule has 1 aliphatic carbocycles. The molecule has 0 bridgehead atoms. The third-order valence-corrected chi connectivity index (χ3v) is 2.92. The fourth-order valence-electron chi connectivity index (χ4n) is 2.01. The molecule has 0 N–H and O–H groups in total. The number of rotatable bonds is 3. The van der Waals surface area contributed by atoms with E-state index in [1.165, 1.54) is 0 Å². The van der Waals surface area contributed by atoms with Gasteiger partial charge < -0.3 is 4.74 Å². The molecule has 0 radical (unpaired) electrons. The van der Waals surface area contributed by atoms with Crippen molar-refractivity contribution < 1.29 is 8.85 Å². The van der Waals surface area contributed by atoms with Crippen LogP contribution < -0.4 is 4.74 Å². The minimum Gasteiger partial charge on any atom is -0.492 e. The largest absolute Gasteiger partial charge is 0.492 e. The smallest absolute Gasteiger partial charge is 0.127 e. The van der Waals surface area contributed by atoms with Gasteiger partial charge in [0.1, 0.15) is 5.75 Å². The summed E-state index contributed by atoms with van der Waals surface area (Å²) in [6.07, 6.45) is 8.35. The second-order valence-electron chi connectivity index (χ2n) is 4.23. The fraction of sp³-hybridized carbons (Fsp3) is 0.176. The molecule has 0 aliphatic heterocycles. The van der Waals surface area contributed by atoms with Crippen LogP contribution in [0.25, 0.3) is 10.8 Å². The molecule has 1 heteroatoms. The van der Waals surface area contributed by atoms with Crippen molar-refractivity contribution in [2.45, 2.75) is 6.42 Å². The molecule has 1 nitrogen and oxygen atoms in total. The van der Waals surface area contributed by atoms with Crippen LogP contribution in [-0.2, 0) is 0 Å². The van der Waals surface area contributed by atoms with E-state index in [1.54, 1.807) is 12.1 Å². The minimum absolute atomic E-state index is 0.341. The first-order valence-corrected chi connectivity index (χ1v) is 6.08. The molecule has 3 rings (SSSR count). The zero-order valence-corrected chi connectivity index (χ0v) is 9.97. The maximum atomic E-state index is 8.18. The molecule has 18 heavy (non-hydrogen) atoms. The van der Waals surface area contributed by atoms with Gasteiger partial charge in [0.25, 0.3) is 0 Å². The predicted octanol–water partition coefficient (Wildman–Crippen LogP) is 4.35. The van der Waals surface area contributed by atoms with Crippen molar-refractivity contribution in [2.24, 2.45) is 5.92 Å². The lowest BCUT2D eigenvalue weighted by molar-refractivity contribution is 0.299. The van der Waals surface area contributed by atoms with Crippen molar-refractivity contribution in [1.82, 2.24) is 0 Å². The SMILES string of the molecule is [2H]c1cccc2cccc(OC([2H])([2H])C3C=CCC=C3)c12. The Morgan fingerprint density at radius 1 is 1.17 bits per heavy atom. The normalized spacial score (nSPS) is 18.3. The highest BCUT2D eigenvalue weighted by Crippen LogP contribution is 2.25. The summed E-state index contributed by atoms with van der Waals surface area (Å²) in [5, 5.41) is 1.53. The Bertz CT molecular complexity index is 702. The van der Waals surface area contributed by atoms with Gasteiger partial charge in [-0.25, -0.2) is 0 Å². The van der Waals surface area contributed by atoms with Crippen LogP contribution in [0.5, 0.6) is 5.75 Å². The fourth-order valence-corrected chi connectivity index (χ4v) is 2.01. The van der Waals surface area contributed by atoms with Crippen LogP contribution in [0, 0.1) is 5.92 Å². The highest BCUT2D eigenvalue weighted by molar-refractivity contribution is 5.88. The first-order chi connectivity index (χ1) is 10.1. The Morgan fingerprint density at radius 3 is 2.89 bits per heavy atom. The van der Waals surface area contributed by atoms with E-state index < -0.39 is 12.5 Å². The number of hydrogen-bond acceptors (Lipinski definition) is 1. The molecule has 0 atom stereocenters. The Labute approximate surface area is 112 Å². The maximum absolute atomic E-state index is 8.18. The van der Waals surface area contributed by atoms with Gasteiger partial charge in [0.2, 0.25) is 0 Å². The first kappa shape index (κ1) is 8.15. The van der Waals surface area contributed by atoms with E-state index in [9.17, 15) is 0 Å². The molecule has 0 saturated carbocycles. The second-order valence-corrected chi connectivity index (χ2v) is 4.23. The van der Waals surface area contributed by atoms with Crippen molar-refractivity contribution in [2.75, 3.05) is 6.56 Å². The summed E-state index contributed by atoms with van der Waals surface area (Å²) in [7, 11) is 0. The zero-order chi connectivity index (χ0) is 14.9. The molecule has 0 fully saturated rings. The van der Waals surface area contributed by atoms with E-state index in [-0.39, 0.29) is 0 Å². The molecule has 0 amide bonds. The van der Waals surface area contributed by atoms with Crippen molar-refractivity contribution in [3.63, 3.8) is 0 Å². The van der Waals surface area contributed by atoms with Crippen LogP contribution >= 0.6 is 0 Å². The van der Waals surface area contributed by atoms with Crippen molar-refractivity contribution >= 4 is 10.8 Å². The number of ether oxygens (including phenoxy) is 1. The molecule has 0 unspecified atom stereocenters. The van der Waals surface area contributed by atoms with Gasteiger partial charge in [-0.3, -0.25) is 0 Å². The molecule has 2 aromatic carbocycles. The Balaban J connectivity index is 1.99. The van der Waals surface area contributed by atoms with E-state index in [0.29, 0.717) is 17.2 Å². The summed E-state index contributed by atoms with van der Waals surface area (Å²) >= 11 is 0. The molecule has 0 spiro atoms. The molecule has 0 heterocycles. The van der Waals surface area contributed by atoms with Crippen LogP contribution in [0.1, 0.15) is 10.5 Å². The summed E-state index contributed by atoms with van der Waals surface area (Å²) in [5.41, 5.74) is 0. The average molecular weight is 239 g/mol. The van der Waals surface area contributed by atoms with E-state index in [4.69, 9.17) is 8.85 Å². The van der Waals surface area contributed by atoms with Gasteiger partial charge in [0, 0.05) is 11.3 Å². The van der Waals surface area contributed by atoms with Crippen molar-refractivity contribution in [1.29, 1.82) is 0 Å². The lowest BCUT2D eigenvalue weighted by Gasteiger charge is -2.14. The van der Waals surface area contributed by atoms with Crippen LogP contribution in [0.15, 0.2) is 66.7 Å². The van der Waals surface area contributed by atoms with Gasteiger partial charge >= 0.3 is 0 Å². The summed E-state index contributed by atoms with van der Waals surface area (Å²) in [4.78, 5) is 0. The van der Waals surface area contributed by atoms with Gasteiger partial charge in [-0.15, -0.1) is 0 Å². The van der Waals surface area contributed by atoms with Crippen molar-refractivity contribution in [3.05, 3.63) is 66.7 Å². The monoisotopic (exact) mass is 239 g/mol. The van der Waals surface area contributed by atoms with Gasteiger partial charge in [-0.1, -0.05) is 60.7 Å². The van der Waals surface area contributed by atoms with Crippen LogP contribution in [0.2, 0.25) is 0 Å². The molecular weight excluding hydrogens is 220 g/mol. The molecule has 0 aromatic heterocycles. The van der Waals surface area contributed by atoms with Crippen LogP contribution in [-0.4, -0.2) is 6.56 Å².